The molecule has 3 rings (SSSR count). The van der Waals surface area contributed by atoms with Gasteiger partial charge in [0.15, 0.2) is 0 Å². The SMILES string of the molecule is O=[N+]([O-])c1ccc(Cl)c(Cn2c(CO)nc3ccccc32)c1. The van der Waals surface area contributed by atoms with Crippen LogP contribution in [0.4, 0.5) is 5.69 Å². The summed E-state index contributed by atoms with van der Waals surface area (Å²) in [5, 5.41) is 20.8. The van der Waals surface area contributed by atoms with Gasteiger partial charge < -0.3 is 9.67 Å². The number of aromatic nitrogens is 2. The zero-order valence-corrected chi connectivity index (χ0v) is 12.2. The molecule has 7 heteroatoms. The maximum Gasteiger partial charge on any atom is 0.269 e. The first kappa shape index (κ1) is 14.5. The first-order chi connectivity index (χ1) is 10.6. The van der Waals surface area contributed by atoms with Gasteiger partial charge in [-0.2, -0.15) is 0 Å². The fourth-order valence-electron chi connectivity index (χ4n) is 2.39. The Labute approximate surface area is 130 Å². The molecule has 22 heavy (non-hydrogen) atoms. The number of rotatable bonds is 4. The summed E-state index contributed by atoms with van der Waals surface area (Å²) in [6.07, 6.45) is 0. The minimum Gasteiger partial charge on any atom is -0.388 e. The predicted molar refractivity (Wildman–Crippen MR) is 82.9 cm³/mol. The number of nitro groups is 1. The summed E-state index contributed by atoms with van der Waals surface area (Å²) < 4.78 is 1.81. The van der Waals surface area contributed by atoms with E-state index in [0.717, 1.165) is 11.0 Å². The maximum atomic E-state index is 10.9. The van der Waals surface area contributed by atoms with E-state index in [4.69, 9.17) is 11.6 Å². The number of benzene rings is 2. The molecule has 6 nitrogen and oxygen atoms in total. The van der Waals surface area contributed by atoms with E-state index in [0.29, 0.717) is 23.0 Å². The molecule has 0 aliphatic heterocycles. The van der Waals surface area contributed by atoms with Crippen LogP contribution in [0.5, 0.6) is 0 Å². The zero-order valence-electron chi connectivity index (χ0n) is 11.4. The first-order valence-electron chi connectivity index (χ1n) is 6.58. The van der Waals surface area contributed by atoms with Gasteiger partial charge in [-0.15, -0.1) is 0 Å². The summed E-state index contributed by atoms with van der Waals surface area (Å²) in [6, 6.07) is 11.8. The van der Waals surface area contributed by atoms with Crippen LogP contribution in [0.3, 0.4) is 0 Å². The molecule has 0 aliphatic carbocycles. The number of halogens is 1. The fourth-order valence-corrected chi connectivity index (χ4v) is 2.57. The topological polar surface area (TPSA) is 81.2 Å². The van der Waals surface area contributed by atoms with Crippen molar-refractivity contribution in [3.05, 3.63) is 69.0 Å². The van der Waals surface area contributed by atoms with Gasteiger partial charge >= 0.3 is 0 Å². The molecule has 0 amide bonds. The Morgan fingerprint density at radius 2 is 2.05 bits per heavy atom. The zero-order chi connectivity index (χ0) is 15.7. The molecule has 0 bridgehead atoms. The van der Waals surface area contributed by atoms with E-state index in [9.17, 15) is 15.2 Å². The Morgan fingerprint density at radius 1 is 1.27 bits per heavy atom. The number of para-hydroxylation sites is 2. The molecule has 1 N–H and O–H groups in total. The van der Waals surface area contributed by atoms with Crippen LogP contribution < -0.4 is 0 Å². The van der Waals surface area contributed by atoms with Crippen molar-refractivity contribution in [3.8, 4) is 0 Å². The summed E-state index contributed by atoms with van der Waals surface area (Å²) in [6.45, 7) is 0.0815. The number of aliphatic hydroxyl groups is 1. The molecular weight excluding hydrogens is 306 g/mol. The van der Waals surface area contributed by atoms with Gasteiger partial charge in [-0.05, 0) is 23.8 Å². The molecule has 0 aliphatic rings. The third kappa shape index (κ3) is 2.54. The minimum absolute atomic E-state index is 0.0191. The molecule has 0 saturated carbocycles. The van der Waals surface area contributed by atoms with Gasteiger partial charge in [0.1, 0.15) is 12.4 Å². The lowest BCUT2D eigenvalue weighted by atomic mass is 10.2. The Bertz CT molecular complexity index is 860. The number of hydrogen-bond acceptors (Lipinski definition) is 4. The van der Waals surface area contributed by atoms with Crippen molar-refractivity contribution in [2.75, 3.05) is 0 Å². The standard InChI is InChI=1S/C15H12ClN3O3/c16-12-6-5-11(19(21)22)7-10(12)8-18-14-4-2-1-3-13(14)17-15(18)9-20/h1-7,20H,8-9H2. The summed E-state index contributed by atoms with van der Waals surface area (Å²) in [7, 11) is 0. The second-order valence-electron chi connectivity index (χ2n) is 4.79. The van der Waals surface area contributed by atoms with E-state index in [-0.39, 0.29) is 12.3 Å². The highest BCUT2D eigenvalue weighted by atomic mass is 35.5. The van der Waals surface area contributed by atoms with Crippen LogP contribution in [-0.4, -0.2) is 19.6 Å². The molecular formula is C15H12ClN3O3. The average molecular weight is 318 g/mol. The lowest BCUT2D eigenvalue weighted by molar-refractivity contribution is -0.384. The predicted octanol–water partition coefficient (Wildman–Crippen LogP) is 3.14. The highest BCUT2D eigenvalue weighted by molar-refractivity contribution is 6.31. The van der Waals surface area contributed by atoms with Gasteiger partial charge in [0.25, 0.3) is 5.69 Å². The number of aliphatic hydroxyl groups excluding tert-OH is 1. The lowest BCUT2D eigenvalue weighted by Gasteiger charge is -2.09. The molecule has 3 aromatic rings. The summed E-state index contributed by atoms with van der Waals surface area (Å²) in [5.74, 6) is 0.490. The van der Waals surface area contributed by atoms with Crippen LogP contribution in [0.15, 0.2) is 42.5 Å². The van der Waals surface area contributed by atoms with Crippen LogP contribution in [0.1, 0.15) is 11.4 Å². The van der Waals surface area contributed by atoms with E-state index in [1.54, 1.807) is 4.57 Å². The van der Waals surface area contributed by atoms with E-state index in [1.165, 1.54) is 18.2 Å². The number of nitrogens with zero attached hydrogens (tertiary/aromatic N) is 3. The molecule has 0 saturated heterocycles. The van der Waals surface area contributed by atoms with E-state index >= 15 is 0 Å². The second-order valence-corrected chi connectivity index (χ2v) is 5.20. The molecule has 1 aromatic heterocycles. The van der Waals surface area contributed by atoms with Gasteiger partial charge in [0.2, 0.25) is 0 Å². The largest absolute Gasteiger partial charge is 0.388 e. The molecule has 0 fully saturated rings. The molecule has 0 unspecified atom stereocenters. The summed E-state index contributed by atoms with van der Waals surface area (Å²) >= 11 is 6.15. The van der Waals surface area contributed by atoms with Crippen molar-refractivity contribution in [2.24, 2.45) is 0 Å². The van der Waals surface area contributed by atoms with Gasteiger partial charge in [0, 0.05) is 17.2 Å². The van der Waals surface area contributed by atoms with Crippen LogP contribution >= 0.6 is 11.6 Å². The normalized spacial score (nSPS) is 11.0. The van der Waals surface area contributed by atoms with E-state index < -0.39 is 4.92 Å². The quantitative estimate of drug-likeness (QED) is 0.592. The van der Waals surface area contributed by atoms with Gasteiger partial charge in [-0.1, -0.05) is 23.7 Å². The van der Waals surface area contributed by atoms with Crippen LogP contribution in [-0.2, 0) is 13.2 Å². The van der Waals surface area contributed by atoms with Crippen LogP contribution in [0.2, 0.25) is 5.02 Å². The Kier molecular flexibility index (Phi) is 3.79. The van der Waals surface area contributed by atoms with Gasteiger partial charge in [-0.25, -0.2) is 4.98 Å². The fraction of sp³-hybridized carbons (Fsp3) is 0.133. The highest BCUT2D eigenvalue weighted by Crippen LogP contribution is 2.25. The van der Waals surface area contributed by atoms with E-state index in [1.807, 2.05) is 24.3 Å². The van der Waals surface area contributed by atoms with Crippen LogP contribution in [0, 0.1) is 10.1 Å². The third-order valence-electron chi connectivity index (χ3n) is 3.44. The first-order valence-corrected chi connectivity index (χ1v) is 6.96. The van der Waals surface area contributed by atoms with Crippen molar-refractivity contribution >= 4 is 28.3 Å². The molecule has 112 valence electrons. The van der Waals surface area contributed by atoms with Crippen molar-refractivity contribution in [2.45, 2.75) is 13.2 Å². The molecule has 0 atom stereocenters. The number of fused-ring (bicyclic) bond motifs is 1. The minimum atomic E-state index is -0.460. The molecule has 2 aromatic carbocycles. The summed E-state index contributed by atoms with van der Waals surface area (Å²) in [4.78, 5) is 14.8. The number of imidazole rings is 1. The van der Waals surface area contributed by atoms with Crippen molar-refractivity contribution in [1.29, 1.82) is 0 Å². The Hall–Kier alpha value is -2.44. The highest BCUT2D eigenvalue weighted by Gasteiger charge is 2.14. The lowest BCUT2D eigenvalue weighted by Crippen LogP contribution is -2.06. The monoisotopic (exact) mass is 317 g/mol. The average Bonchev–Trinajstić information content (AvgIpc) is 2.87. The van der Waals surface area contributed by atoms with Crippen molar-refractivity contribution < 1.29 is 10.0 Å². The van der Waals surface area contributed by atoms with Crippen molar-refractivity contribution in [1.82, 2.24) is 9.55 Å². The van der Waals surface area contributed by atoms with Gasteiger partial charge in [-0.3, -0.25) is 10.1 Å². The van der Waals surface area contributed by atoms with Crippen molar-refractivity contribution in [3.63, 3.8) is 0 Å². The molecule has 1 heterocycles. The number of nitro benzene ring substituents is 1. The van der Waals surface area contributed by atoms with Gasteiger partial charge in [0.05, 0.1) is 22.5 Å². The smallest absolute Gasteiger partial charge is 0.269 e. The third-order valence-corrected chi connectivity index (χ3v) is 3.81. The summed E-state index contributed by atoms with van der Waals surface area (Å²) in [5.41, 5.74) is 2.19. The maximum absolute atomic E-state index is 10.9. The number of hydrogen-bond donors (Lipinski definition) is 1. The van der Waals surface area contributed by atoms with Crippen LogP contribution in [0.25, 0.3) is 11.0 Å². The molecule has 0 radical (unpaired) electrons. The Morgan fingerprint density at radius 3 is 2.77 bits per heavy atom. The molecule has 0 spiro atoms. The second kappa shape index (κ2) is 5.75. The number of non-ortho nitro benzene ring substituents is 1. The Balaban J connectivity index is 2.10. The van der Waals surface area contributed by atoms with E-state index in [2.05, 4.69) is 4.98 Å².